The molecule has 2 aromatic heterocycles. The highest BCUT2D eigenvalue weighted by atomic mass is 16.2. The van der Waals surface area contributed by atoms with Crippen molar-refractivity contribution in [3.63, 3.8) is 0 Å². The number of aryl methyl sites for hydroxylation is 1. The molecule has 1 fully saturated rings. The normalized spacial score (nSPS) is 15.5. The maximum Gasteiger partial charge on any atom is 0.254 e. The lowest BCUT2D eigenvalue weighted by Gasteiger charge is -2.35. The Kier molecular flexibility index (Phi) is 4.71. The molecule has 4 rings (SSSR count). The fourth-order valence-corrected chi connectivity index (χ4v) is 3.67. The van der Waals surface area contributed by atoms with E-state index in [1.165, 1.54) is 5.56 Å². The maximum absolute atomic E-state index is 13.0. The summed E-state index contributed by atoms with van der Waals surface area (Å²) in [4.78, 5) is 21.5. The van der Waals surface area contributed by atoms with Crippen LogP contribution >= 0.6 is 0 Å². The van der Waals surface area contributed by atoms with Crippen molar-refractivity contribution in [1.29, 1.82) is 0 Å². The summed E-state index contributed by atoms with van der Waals surface area (Å²) >= 11 is 0. The van der Waals surface area contributed by atoms with E-state index in [0.717, 1.165) is 55.6 Å². The zero-order valence-electron chi connectivity index (χ0n) is 15.1. The monoisotopic (exact) mass is 348 g/mol. The van der Waals surface area contributed by atoms with Gasteiger partial charge in [0.2, 0.25) is 0 Å². The van der Waals surface area contributed by atoms with Crippen molar-refractivity contribution >= 4 is 16.8 Å². The van der Waals surface area contributed by atoms with Gasteiger partial charge in [-0.3, -0.25) is 14.7 Å². The van der Waals surface area contributed by atoms with Gasteiger partial charge in [0.25, 0.3) is 5.91 Å². The smallest absolute Gasteiger partial charge is 0.254 e. The molecule has 5 nitrogen and oxygen atoms in total. The van der Waals surface area contributed by atoms with Gasteiger partial charge in [0.1, 0.15) is 0 Å². The van der Waals surface area contributed by atoms with Crippen LogP contribution in [0.3, 0.4) is 0 Å². The Bertz CT molecular complexity index is 895. The number of carbonyl (C=O) groups is 1. The summed E-state index contributed by atoms with van der Waals surface area (Å²) in [7, 11) is 2.01. The van der Waals surface area contributed by atoms with Crippen LogP contribution in [0.2, 0.25) is 0 Å². The first-order chi connectivity index (χ1) is 12.7. The van der Waals surface area contributed by atoms with E-state index < -0.39 is 0 Å². The Morgan fingerprint density at radius 1 is 1.04 bits per heavy atom. The number of hydrogen-bond acceptors (Lipinski definition) is 3. The Labute approximate surface area is 153 Å². The lowest BCUT2D eigenvalue weighted by Crippen LogP contribution is -2.49. The van der Waals surface area contributed by atoms with Crippen molar-refractivity contribution in [2.45, 2.75) is 6.42 Å². The fourth-order valence-electron chi connectivity index (χ4n) is 3.67. The molecule has 3 aromatic rings. The van der Waals surface area contributed by atoms with E-state index in [0.29, 0.717) is 0 Å². The maximum atomic E-state index is 13.0. The summed E-state index contributed by atoms with van der Waals surface area (Å²) in [6.45, 7) is 4.47. The van der Waals surface area contributed by atoms with Gasteiger partial charge in [-0.2, -0.15) is 0 Å². The molecule has 3 heterocycles. The SMILES string of the molecule is Cn1ccc2c(C(=O)N3CCN(CCc4ccncc4)CC3)cccc21. The van der Waals surface area contributed by atoms with E-state index in [1.54, 1.807) is 0 Å². The molecule has 1 aliphatic rings. The molecule has 0 spiro atoms. The number of pyridine rings is 1. The molecule has 1 aromatic carbocycles. The number of nitrogens with zero attached hydrogens (tertiary/aromatic N) is 4. The molecule has 26 heavy (non-hydrogen) atoms. The number of carbonyl (C=O) groups excluding carboxylic acids is 1. The topological polar surface area (TPSA) is 41.4 Å². The van der Waals surface area contributed by atoms with Gasteiger partial charge >= 0.3 is 0 Å². The second kappa shape index (κ2) is 7.30. The number of fused-ring (bicyclic) bond motifs is 1. The molecule has 0 bridgehead atoms. The first kappa shape index (κ1) is 16.8. The molecule has 0 atom stereocenters. The van der Waals surface area contributed by atoms with Crippen molar-refractivity contribution in [3.8, 4) is 0 Å². The predicted molar refractivity (Wildman–Crippen MR) is 103 cm³/mol. The Morgan fingerprint density at radius 2 is 1.81 bits per heavy atom. The largest absolute Gasteiger partial charge is 0.351 e. The van der Waals surface area contributed by atoms with Crippen LogP contribution in [0.5, 0.6) is 0 Å². The molecule has 5 heteroatoms. The Balaban J connectivity index is 1.37. The molecule has 0 N–H and O–H groups in total. The van der Waals surface area contributed by atoms with Crippen LogP contribution < -0.4 is 0 Å². The molecular weight excluding hydrogens is 324 g/mol. The van der Waals surface area contributed by atoms with Gasteiger partial charge in [0, 0.05) is 74.8 Å². The van der Waals surface area contributed by atoms with E-state index in [-0.39, 0.29) is 5.91 Å². The van der Waals surface area contributed by atoms with Crippen molar-refractivity contribution < 1.29 is 4.79 Å². The zero-order valence-corrected chi connectivity index (χ0v) is 15.1. The number of amides is 1. The van der Waals surface area contributed by atoms with Crippen molar-refractivity contribution in [3.05, 3.63) is 66.1 Å². The highest BCUT2D eigenvalue weighted by Gasteiger charge is 2.23. The van der Waals surface area contributed by atoms with E-state index >= 15 is 0 Å². The Hall–Kier alpha value is -2.66. The van der Waals surface area contributed by atoms with Crippen molar-refractivity contribution in [2.24, 2.45) is 7.05 Å². The van der Waals surface area contributed by atoms with Gasteiger partial charge in [-0.05, 0) is 42.3 Å². The number of hydrogen-bond donors (Lipinski definition) is 0. The minimum atomic E-state index is 0.149. The predicted octanol–water partition coefficient (Wildman–Crippen LogP) is 2.57. The van der Waals surface area contributed by atoms with Crippen LogP contribution in [-0.2, 0) is 13.5 Å². The average molecular weight is 348 g/mol. The highest BCUT2D eigenvalue weighted by molar-refractivity contribution is 6.06. The first-order valence-corrected chi connectivity index (χ1v) is 9.17. The third kappa shape index (κ3) is 3.35. The first-order valence-electron chi connectivity index (χ1n) is 9.17. The summed E-state index contributed by atoms with van der Waals surface area (Å²) in [5, 5.41) is 1.04. The minimum absolute atomic E-state index is 0.149. The van der Waals surface area contributed by atoms with Crippen LogP contribution in [0.1, 0.15) is 15.9 Å². The second-order valence-corrected chi connectivity index (χ2v) is 6.90. The van der Waals surface area contributed by atoms with Crippen LogP contribution in [0.25, 0.3) is 10.9 Å². The molecule has 0 unspecified atom stereocenters. The van der Waals surface area contributed by atoms with Crippen LogP contribution in [-0.4, -0.2) is 58.0 Å². The lowest BCUT2D eigenvalue weighted by atomic mass is 10.1. The van der Waals surface area contributed by atoms with Gasteiger partial charge in [0.05, 0.1) is 0 Å². The van der Waals surface area contributed by atoms with Gasteiger partial charge in [-0.25, -0.2) is 0 Å². The van der Waals surface area contributed by atoms with Crippen molar-refractivity contribution in [2.75, 3.05) is 32.7 Å². The summed E-state index contributed by atoms with van der Waals surface area (Å²) < 4.78 is 2.06. The number of rotatable bonds is 4. The van der Waals surface area contributed by atoms with E-state index in [4.69, 9.17) is 0 Å². The van der Waals surface area contributed by atoms with Gasteiger partial charge in [0.15, 0.2) is 0 Å². The molecule has 0 saturated carbocycles. The molecule has 134 valence electrons. The molecule has 1 amide bonds. The molecule has 0 radical (unpaired) electrons. The number of aromatic nitrogens is 2. The third-order valence-electron chi connectivity index (χ3n) is 5.28. The number of benzene rings is 1. The summed E-state index contributed by atoms with van der Waals surface area (Å²) in [6, 6.07) is 12.2. The third-order valence-corrected chi connectivity index (χ3v) is 5.28. The van der Waals surface area contributed by atoms with Gasteiger partial charge in [-0.15, -0.1) is 0 Å². The van der Waals surface area contributed by atoms with Gasteiger partial charge < -0.3 is 9.47 Å². The molecule has 1 aliphatic heterocycles. The number of piperazine rings is 1. The Morgan fingerprint density at radius 3 is 2.58 bits per heavy atom. The summed E-state index contributed by atoms with van der Waals surface area (Å²) in [5.74, 6) is 0.149. The average Bonchev–Trinajstić information content (AvgIpc) is 3.08. The van der Waals surface area contributed by atoms with Crippen molar-refractivity contribution in [1.82, 2.24) is 19.4 Å². The zero-order chi connectivity index (χ0) is 17.9. The highest BCUT2D eigenvalue weighted by Crippen LogP contribution is 2.21. The summed E-state index contributed by atoms with van der Waals surface area (Å²) in [6.07, 6.45) is 6.73. The minimum Gasteiger partial charge on any atom is -0.351 e. The quantitative estimate of drug-likeness (QED) is 0.728. The van der Waals surface area contributed by atoms with Crippen LogP contribution in [0.4, 0.5) is 0 Å². The molecule has 1 saturated heterocycles. The second-order valence-electron chi connectivity index (χ2n) is 6.90. The van der Waals surface area contributed by atoms with E-state index in [2.05, 4.69) is 32.7 Å². The van der Waals surface area contributed by atoms with Crippen LogP contribution in [0.15, 0.2) is 55.0 Å². The van der Waals surface area contributed by atoms with E-state index in [9.17, 15) is 4.79 Å². The molecule has 0 aliphatic carbocycles. The summed E-state index contributed by atoms with van der Waals surface area (Å²) in [5.41, 5.74) is 3.23. The fraction of sp³-hybridized carbons (Fsp3) is 0.333. The van der Waals surface area contributed by atoms with E-state index in [1.807, 2.05) is 48.7 Å². The molecular formula is C21H24N4O. The standard InChI is InChI=1S/C21H24N4O/c1-23-11-8-18-19(3-2-4-20(18)23)21(26)25-15-13-24(14-16-25)12-7-17-5-9-22-10-6-17/h2-6,8-11H,7,12-16H2,1H3. The van der Waals surface area contributed by atoms with Crippen LogP contribution in [0, 0.1) is 0 Å². The van der Waals surface area contributed by atoms with Gasteiger partial charge in [-0.1, -0.05) is 6.07 Å². The lowest BCUT2D eigenvalue weighted by molar-refractivity contribution is 0.0640.